The van der Waals surface area contributed by atoms with E-state index in [0.29, 0.717) is 5.69 Å². The second-order valence-corrected chi connectivity index (χ2v) is 6.06. The van der Waals surface area contributed by atoms with Crippen LogP contribution in [0.5, 0.6) is 0 Å². The Kier molecular flexibility index (Phi) is 5.13. The number of amides is 1. The molecule has 4 nitrogen and oxygen atoms in total. The van der Waals surface area contributed by atoms with Crippen LogP contribution >= 0.6 is 11.3 Å². The summed E-state index contributed by atoms with van der Waals surface area (Å²) in [7, 11) is 0. The van der Waals surface area contributed by atoms with E-state index < -0.39 is 0 Å². The summed E-state index contributed by atoms with van der Waals surface area (Å²) in [5.74, 6) is -0.310. The van der Waals surface area contributed by atoms with Gasteiger partial charge in [0.25, 0.3) is 5.91 Å². The first-order valence-corrected chi connectivity index (χ1v) is 8.57. The molecule has 0 fully saturated rings. The van der Waals surface area contributed by atoms with Crippen LogP contribution in [0.25, 0.3) is 10.6 Å². The van der Waals surface area contributed by atoms with Crippen molar-refractivity contribution < 1.29 is 4.79 Å². The van der Waals surface area contributed by atoms with Gasteiger partial charge in [-0.1, -0.05) is 61.5 Å². The molecule has 0 radical (unpaired) electrons. The van der Waals surface area contributed by atoms with E-state index in [0.717, 1.165) is 22.6 Å². The molecule has 0 saturated heterocycles. The van der Waals surface area contributed by atoms with Gasteiger partial charge in [0.1, 0.15) is 10.7 Å². The fraction of sp³-hybridized carbons (Fsp3) is 0.105. The number of hydrogen-bond acceptors (Lipinski definition) is 4. The van der Waals surface area contributed by atoms with Crippen LogP contribution in [-0.2, 0) is 6.42 Å². The van der Waals surface area contributed by atoms with Crippen molar-refractivity contribution in [3.8, 4) is 10.6 Å². The zero-order valence-electron chi connectivity index (χ0n) is 13.3. The molecule has 1 heterocycles. The van der Waals surface area contributed by atoms with Crippen LogP contribution in [0.4, 0.5) is 0 Å². The molecule has 0 saturated carbocycles. The van der Waals surface area contributed by atoms with Crippen molar-refractivity contribution in [2.45, 2.75) is 13.3 Å². The number of thiazole rings is 1. The molecule has 1 aromatic heterocycles. The van der Waals surface area contributed by atoms with Gasteiger partial charge in [-0.3, -0.25) is 4.79 Å². The number of hydrazone groups is 1. The van der Waals surface area contributed by atoms with E-state index in [9.17, 15) is 4.79 Å². The molecular weight excluding hydrogens is 318 g/mol. The highest BCUT2D eigenvalue weighted by Gasteiger charge is 2.11. The number of carbonyl (C=O) groups is 1. The SMILES string of the molecule is CCc1ccc(-c2nc(C(=O)N/N=C\c3ccccc3)cs2)cc1. The van der Waals surface area contributed by atoms with Gasteiger partial charge in [-0.05, 0) is 17.5 Å². The van der Waals surface area contributed by atoms with E-state index in [1.807, 2.05) is 42.5 Å². The zero-order valence-corrected chi connectivity index (χ0v) is 14.1. The summed E-state index contributed by atoms with van der Waals surface area (Å²) in [6.07, 6.45) is 2.61. The standard InChI is InChI=1S/C19H17N3OS/c1-2-14-8-10-16(11-9-14)19-21-17(13-24-19)18(23)22-20-12-15-6-4-3-5-7-15/h3-13H,2H2,1H3,(H,22,23)/b20-12-. The second-order valence-electron chi connectivity index (χ2n) is 5.20. The van der Waals surface area contributed by atoms with Crippen LogP contribution in [0.2, 0.25) is 0 Å². The van der Waals surface area contributed by atoms with E-state index in [4.69, 9.17) is 0 Å². The number of rotatable bonds is 5. The third-order valence-electron chi connectivity index (χ3n) is 3.53. The summed E-state index contributed by atoms with van der Waals surface area (Å²) in [4.78, 5) is 16.5. The normalized spacial score (nSPS) is 10.9. The summed E-state index contributed by atoms with van der Waals surface area (Å²) < 4.78 is 0. The summed E-state index contributed by atoms with van der Waals surface area (Å²) in [5, 5.41) is 6.54. The lowest BCUT2D eigenvalue weighted by atomic mass is 10.1. The first kappa shape index (κ1) is 16.1. The number of carbonyl (C=O) groups excluding carboxylic acids is 1. The highest BCUT2D eigenvalue weighted by atomic mass is 32.1. The first-order chi connectivity index (χ1) is 11.8. The first-order valence-electron chi connectivity index (χ1n) is 7.69. The van der Waals surface area contributed by atoms with Crippen LogP contribution in [-0.4, -0.2) is 17.1 Å². The minimum atomic E-state index is -0.310. The van der Waals surface area contributed by atoms with E-state index in [-0.39, 0.29) is 5.91 Å². The van der Waals surface area contributed by atoms with Crippen molar-refractivity contribution in [1.82, 2.24) is 10.4 Å². The highest BCUT2D eigenvalue weighted by Crippen LogP contribution is 2.24. The number of benzene rings is 2. The minimum absolute atomic E-state index is 0.310. The highest BCUT2D eigenvalue weighted by molar-refractivity contribution is 7.13. The Morgan fingerprint density at radius 1 is 1.17 bits per heavy atom. The van der Waals surface area contributed by atoms with Gasteiger partial charge in [-0.15, -0.1) is 11.3 Å². The summed E-state index contributed by atoms with van der Waals surface area (Å²) in [6, 6.07) is 17.8. The van der Waals surface area contributed by atoms with Gasteiger partial charge in [0.05, 0.1) is 6.21 Å². The molecule has 3 rings (SSSR count). The summed E-state index contributed by atoms with van der Waals surface area (Å²) in [5.41, 5.74) is 6.10. The van der Waals surface area contributed by atoms with Gasteiger partial charge in [0.15, 0.2) is 0 Å². The lowest BCUT2D eigenvalue weighted by Crippen LogP contribution is -2.17. The molecular formula is C19H17N3OS. The average molecular weight is 335 g/mol. The molecule has 0 aliphatic carbocycles. The average Bonchev–Trinajstić information content (AvgIpc) is 3.13. The van der Waals surface area contributed by atoms with Crippen LogP contribution in [0.1, 0.15) is 28.5 Å². The van der Waals surface area contributed by atoms with Crippen molar-refractivity contribution >= 4 is 23.5 Å². The molecule has 5 heteroatoms. The molecule has 120 valence electrons. The zero-order chi connectivity index (χ0) is 16.8. The monoisotopic (exact) mass is 335 g/mol. The number of hydrogen-bond donors (Lipinski definition) is 1. The molecule has 1 N–H and O–H groups in total. The maximum absolute atomic E-state index is 12.1. The van der Waals surface area contributed by atoms with Crippen molar-refractivity contribution in [1.29, 1.82) is 0 Å². The molecule has 1 amide bonds. The largest absolute Gasteiger partial charge is 0.290 e. The second kappa shape index (κ2) is 7.66. The Morgan fingerprint density at radius 2 is 1.92 bits per heavy atom. The van der Waals surface area contributed by atoms with Crippen molar-refractivity contribution in [3.63, 3.8) is 0 Å². The molecule has 24 heavy (non-hydrogen) atoms. The fourth-order valence-electron chi connectivity index (χ4n) is 2.16. The Labute approximate surface area is 144 Å². The Hall–Kier alpha value is -2.79. The number of aryl methyl sites for hydroxylation is 1. The molecule has 0 spiro atoms. The summed E-state index contributed by atoms with van der Waals surface area (Å²) in [6.45, 7) is 2.12. The van der Waals surface area contributed by atoms with Gasteiger partial charge in [0, 0.05) is 10.9 Å². The minimum Gasteiger partial charge on any atom is -0.266 e. The van der Waals surface area contributed by atoms with Gasteiger partial charge >= 0.3 is 0 Å². The van der Waals surface area contributed by atoms with Crippen LogP contribution < -0.4 is 5.43 Å². The van der Waals surface area contributed by atoms with Crippen molar-refractivity contribution in [2.24, 2.45) is 5.10 Å². The third kappa shape index (κ3) is 3.94. The smallest absolute Gasteiger partial charge is 0.266 e. The Morgan fingerprint density at radius 3 is 2.62 bits per heavy atom. The van der Waals surface area contributed by atoms with Crippen LogP contribution in [0.3, 0.4) is 0 Å². The molecule has 2 aromatic carbocycles. The van der Waals surface area contributed by atoms with E-state index >= 15 is 0 Å². The molecule has 3 aromatic rings. The third-order valence-corrected chi connectivity index (χ3v) is 4.42. The quantitative estimate of drug-likeness (QED) is 0.563. The van der Waals surface area contributed by atoms with E-state index in [2.05, 4.69) is 34.6 Å². The lowest BCUT2D eigenvalue weighted by molar-refractivity contribution is 0.0951. The predicted octanol–water partition coefficient (Wildman–Crippen LogP) is 4.14. The molecule has 0 atom stereocenters. The number of nitrogens with one attached hydrogen (secondary N) is 1. The summed E-state index contributed by atoms with van der Waals surface area (Å²) >= 11 is 1.45. The molecule has 0 aliphatic heterocycles. The fourth-order valence-corrected chi connectivity index (χ4v) is 2.96. The topological polar surface area (TPSA) is 54.4 Å². The Bertz CT molecular complexity index is 839. The van der Waals surface area contributed by atoms with Crippen molar-refractivity contribution in [3.05, 3.63) is 76.8 Å². The van der Waals surface area contributed by atoms with E-state index in [1.54, 1.807) is 11.6 Å². The molecule has 0 bridgehead atoms. The lowest BCUT2D eigenvalue weighted by Gasteiger charge is -1.99. The van der Waals surface area contributed by atoms with Gasteiger partial charge in [0.2, 0.25) is 0 Å². The molecule has 0 unspecified atom stereocenters. The maximum Gasteiger partial charge on any atom is 0.290 e. The van der Waals surface area contributed by atoms with Gasteiger partial charge in [-0.25, -0.2) is 10.4 Å². The number of aromatic nitrogens is 1. The van der Waals surface area contributed by atoms with Gasteiger partial charge in [-0.2, -0.15) is 5.10 Å². The molecule has 0 aliphatic rings. The van der Waals surface area contributed by atoms with Crippen LogP contribution in [0, 0.1) is 0 Å². The predicted molar refractivity (Wildman–Crippen MR) is 98.4 cm³/mol. The van der Waals surface area contributed by atoms with Crippen molar-refractivity contribution in [2.75, 3.05) is 0 Å². The van der Waals surface area contributed by atoms with Gasteiger partial charge < -0.3 is 0 Å². The van der Waals surface area contributed by atoms with Crippen LogP contribution in [0.15, 0.2) is 65.1 Å². The maximum atomic E-state index is 12.1. The van der Waals surface area contributed by atoms with E-state index in [1.165, 1.54) is 16.9 Å². The number of nitrogens with zero attached hydrogens (tertiary/aromatic N) is 2. The Balaban J connectivity index is 1.66.